The molecule has 0 saturated carbocycles. The van der Waals surface area contributed by atoms with Crippen LogP contribution in [0.4, 0.5) is 0 Å². The van der Waals surface area contributed by atoms with E-state index in [0.717, 1.165) is 145 Å². The van der Waals surface area contributed by atoms with Gasteiger partial charge in [-0.1, -0.05) is 117 Å². The number of fused-ring (bicyclic) bond motifs is 12. The van der Waals surface area contributed by atoms with Gasteiger partial charge in [0.1, 0.15) is 48.9 Å². The van der Waals surface area contributed by atoms with E-state index in [4.69, 9.17) is 42.1 Å². The molecule has 0 radical (unpaired) electrons. The molecule has 1 fully saturated rings. The molecule has 1 aliphatic heterocycles. The Labute approximate surface area is 701 Å². The van der Waals surface area contributed by atoms with Crippen LogP contribution < -0.4 is 18.9 Å². The molecule has 600 valence electrons. The van der Waals surface area contributed by atoms with Gasteiger partial charge in [-0.3, -0.25) is 9.69 Å². The van der Waals surface area contributed by atoms with Gasteiger partial charge in [0.15, 0.2) is 0 Å². The molecule has 15 nitrogen and oxygen atoms in total. The number of aromatic nitrogens is 5. The predicted octanol–water partition coefficient (Wildman–Crippen LogP) is 21.9. The zero-order valence-corrected chi connectivity index (χ0v) is 70.6. The van der Waals surface area contributed by atoms with E-state index in [2.05, 4.69) is 207 Å². The topological polar surface area (TPSA) is 189 Å². The number of rotatable bonds is 22. The number of aliphatic hydroxyl groups excluding tert-OH is 3. The fourth-order valence-electron chi connectivity index (χ4n) is 17.6. The maximum absolute atomic E-state index is 11.5. The van der Waals surface area contributed by atoms with Crippen molar-refractivity contribution < 1.29 is 39.1 Å². The Kier molecular flexibility index (Phi) is 27.0. The number of piperazine rings is 1. The highest BCUT2D eigenvalue weighted by Crippen LogP contribution is 2.46. The van der Waals surface area contributed by atoms with Crippen molar-refractivity contribution in [1.82, 2.24) is 34.3 Å². The number of halogens is 4. The van der Waals surface area contributed by atoms with Crippen molar-refractivity contribution in [3.63, 3.8) is 0 Å². The van der Waals surface area contributed by atoms with Crippen molar-refractivity contribution in [1.29, 1.82) is 0 Å². The van der Waals surface area contributed by atoms with Crippen LogP contribution in [0.15, 0.2) is 203 Å². The highest BCUT2D eigenvalue weighted by Gasteiger charge is 2.31. The Morgan fingerprint density at radius 1 is 0.443 bits per heavy atom. The molecule has 0 spiro atoms. The molecule has 19 heteroatoms. The standard InChI is InChI=1S/C27H32ClN3O3.C25H25BrN2O.C22H24BrNO2.C22H24ClNO2/c1-18(32)31-13-11-30(12-14-31)16-21(33)17-34-22-8-5-19(6-9-22)23-3-2-4-24-25-15-20(28)7-10-26(25)29-27(23)24;26-19-9-12-24-23(17-19)22-6-3-5-21(25(22)27-24)18-7-10-20(11-8-18)29-16-4-15-28-13-1-2-14-28;2*1-2-16(25)13-26-17-9-6-14(7-10-17)18-4-3-5-19-20-12-15(23)8-11-21(20)24-22(18)19/h5-10,15,21,23,29,33H,2-4,11-14,16-17H2,1H3;1-2,7-14,17,21,27H,3-6,15-16H2;2*6-12,16,18,24-25H,2-5,13H2,1H3. The molecule has 115 heavy (non-hydrogen) atoms. The van der Waals surface area contributed by atoms with Gasteiger partial charge in [0.2, 0.25) is 5.91 Å². The van der Waals surface area contributed by atoms with Crippen molar-refractivity contribution in [3.8, 4) is 23.0 Å². The van der Waals surface area contributed by atoms with Gasteiger partial charge in [-0.25, -0.2) is 0 Å². The molecule has 13 aromatic rings. The second-order valence-corrected chi connectivity index (χ2v) is 34.2. The number of amides is 1. The largest absolute Gasteiger partial charge is 0.494 e. The van der Waals surface area contributed by atoms with Crippen LogP contribution >= 0.6 is 55.1 Å². The first kappa shape index (κ1) is 81.4. The summed E-state index contributed by atoms with van der Waals surface area (Å²) in [6.07, 6.45) is 19.1. The third-order valence-electron chi connectivity index (χ3n) is 23.9. The predicted molar refractivity (Wildman–Crippen MR) is 472 cm³/mol. The first-order valence-electron chi connectivity index (χ1n) is 41.3. The molecule has 8 aromatic carbocycles. The summed E-state index contributed by atoms with van der Waals surface area (Å²) < 4.78 is 27.6. The van der Waals surface area contributed by atoms with E-state index < -0.39 is 18.3 Å². The maximum Gasteiger partial charge on any atom is 0.219 e. The van der Waals surface area contributed by atoms with Gasteiger partial charge >= 0.3 is 0 Å². The zero-order chi connectivity index (χ0) is 79.5. The summed E-state index contributed by atoms with van der Waals surface area (Å²) in [7, 11) is 0. The van der Waals surface area contributed by atoms with E-state index in [0.29, 0.717) is 56.3 Å². The number of nitrogens with zero attached hydrogens (tertiary/aromatic N) is 3. The lowest BCUT2D eigenvalue weighted by atomic mass is 9.82. The smallest absolute Gasteiger partial charge is 0.219 e. The van der Waals surface area contributed by atoms with Crippen LogP contribution in [-0.2, 0) is 37.0 Å². The maximum atomic E-state index is 11.5. The Morgan fingerprint density at radius 2 is 0.774 bits per heavy atom. The zero-order valence-electron chi connectivity index (χ0n) is 65.9. The van der Waals surface area contributed by atoms with E-state index in [1.165, 1.54) is 131 Å². The monoisotopic (exact) mass is 1710 g/mol. The highest BCUT2D eigenvalue weighted by atomic mass is 79.9. The first-order chi connectivity index (χ1) is 56.1. The molecular formula is C96H105Br2Cl2N7O8. The molecule has 7 unspecified atom stereocenters. The average molecular weight is 1720 g/mol. The molecule has 6 heterocycles. The molecular weight excluding hydrogens is 1610 g/mol. The van der Waals surface area contributed by atoms with E-state index in [-0.39, 0.29) is 12.5 Å². The van der Waals surface area contributed by atoms with Crippen molar-refractivity contribution in [2.45, 2.75) is 166 Å². The Morgan fingerprint density at radius 3 is 1.12 bits per heavy atom. The number of aromatic amines is 4. The summed E-state index contributed by atoms with van der Waals surface area (Å²) in [4.78, 5) is 30.1. The Bertz CT molecular complexity index is 5230. The number of carbonyl (C=O) groups excluding carboxylic acids is 1. The Hall–Kier alpha value is -8.75. The lowest BCUT2D eigenvalue weighted by molar-refractivity contribution is -0.130. The number of aliphatic hydroxyl groups is 3. The highest BCUT2D eigenvalue weighted by molar-refractivity contribution is 9.10. The third kappa shape index (κ3) is 19.8. The summed E-state index contributed by atoms with van der Waals surface area (Å²) >= 11 is 19.7. The number of aryl methyl sites for hydroxylation is 5. The molecule has 4 aliphatic carbocycles. The molecule has 0 bridgehead atoms. The summed E-state index contributed by atoms with van der Waals surface area (Å²) in [5, 5.41) is 36.5. The second kappa shape index (κ2) is 38.1. The van der Waals surface area contributed by atoms with Crippen LogP contribution in [0.25, 0.3) is 43.6 Å². The number of nitrogens with one attached hydrogen (secondary N) is 4. The van der Waals surface area contributed by atoms with Gasteiger partial charge in [0.25, 0.3) is 0 Å². The minimum Gasteiger partial charge on any atom is -0.494 e. The fourth-order valence-corrected chi connectivity index (χ4v) is 18.7. The van der Waals surface area contributed by atoms with Crippen LogP contribution in [0.2, 0.25) is 10.0 Å². The second-order valence-electron chi connectivity index (χ2n) is 31.5. The van der Waals surface area contributed by atoms with Crippen molar-refractivity contribution in [3.05, 3.63) is 281 Å². The summed E-state index contributed by atoms with van der Waals surface area (Å²) in [6, 6.07) is 63.0. The van der Waals surface area contributed by atoms with Crippen molar-refractivity contribution in [2.75, 3.05) is 59.2 Å². The summed E-state index contributed by atoms with van der Waals surface area (Å²) in [5.74, 6) is 5.02. The molecule has 5 aliphatic rings. The van der Waals surface area contributed by atoms with E-state index in [1.54, 1.807) is 6.92 Å². The van der Waals surface area contributed by atoms with Gasteiger partial charge in [-0.2, -0.15) is 0 Å². The lowest BCUT2D eigenvalue weighted by Crippen LogP contribution is -2.50. The molecule has 1 amide bonds. The quantitative estimate of drug-likeness (QED) is 0.0324. The SMILES string of the molecule is Brc1ccc2[nH]c3c(c2c1)CCCC3c1ccc(OCCCn2cccc2)cc1.CC(=O)N1CCN(CC(O)COc2ccc(C3CCCc4c3[nH]c3ccc(Cl)cc43)cc2)CC1.CCC(O)COc1ccc(C2CCCc3c2[nH]c2ccc(Br)cc32)cc1.CCC(O)COc1ccc(C2CCCc3c2[nH]c2ccc(Cl)cc32)cc1. The normalized spacial score (nSPS) is 18.0. The van der Waals surface area contributed by atoms with E-state index >= 15 is 0 Å². The van der Waals surface area contributed by atoms with Crippen LogP contribution in [0.1, 0.15) is 182 Å². The van der Waals surface area contributed by atoms with Gasteiger partial charge in [-0.05, 0) is 274 Å². The van der Waals surface area contributed by atoms with Crippen LogP contribution in [0, 0.1) is 0 Å². The Balaban J connectivity index is 0.000000121. The lowest BCUT2D eigenvalue weighted by Gasteiger charge is -2.35. The summed E-state index contributed by atoms with van der Waals surface area (Å²) in [5.41, 5.74) is 21.2. The van der Waals surface area contributed by atoms with Crippen LogP contribution in [-0.4, -0.2) is 133 Å². The van der Waals surface area contributed by atoms with Gasteiger partial charge in [0, 0.05) is 168 Å². The summed E-state index contributed by atoms with van der Waals surface area (Å²) in [6.45, 7) is 11.7. The fraction of sp³-hybridized carbons (Fsp3) is 0.365. The van der Waals surface area contributed by atoms with E-state index in [9.17, 15) is 20.1 Å². The molecule has 5 aromatic heterocycles. The number of hydrogen-bond donors (Lipinski definition) is 7. The number of H-pyrrole nitrogens is 4. The van der Waals surface area contributed by atoms with E-state index in [1.807, 2.05) is 67.3 Å². The number of benzene rings is 8. The first-order valence-corrected chi connectivity index (χ1v) is 43.6. The minimum absolute atomic E-state index is 0.116. The molecule has 18 rings (SSSR count). The third-order valence-corrected chi connectivity index (χ3v) is 25.3. The molecule has 1 saturated heterocycles. The van der Waals surface area contributed by atoms with Gasteiger partial charge in [-0.15, -0.1) is 0 Å². The van der Waals surface area contributed by atoms with Crippen LogP contribution in [0.5, 0.6) is 23.0 Å². The number of β-amino-alcohol motifs (C(OH)–C–C–N with tert-alkyl or cyclic N) is 1. The van der Waals surface area contributed by atoms with Gasteiger partial charge in [0.05, 0.1) is 18.8 Å². The molecule has 7 N–H and O–H groups in total. The number of ether oxygens (including phenoxy) is 4. The van der Waals surface area contributed by atoms with Crippen molar-refractivity contribution in [2.24, 2.45) is 0 Å². The van der Waals surface area contributed by atoms with Crippen LogP contribution in [0.3, 0.4) is 0 Å². The average Bonchev–Trinajstić information content (AvgIpc) is 1.64. The number of carbonyl (C=O) groups is 1. The minimum atomic E-state index is -0.567. The van der Waals surface area contributed by atoms with Crippen molar-refractivity contribution >= 4 is 105 Å². The van der Waals surface area contributed by atoms with Gasteiger partial charge < -0.3 is 63.7 Å². The number of hydrogen-bond acceptors (Lipinski definition) is 9. The molecule has 7 atom stereocenters.